The Morgan fingerprint density at radius 2 is 1.71 bits per heavy atom. The van der Waals surface area contributed by atoms with Gasteiger partial charge in [-0.3, -0.25) is 0 Å². The van der Waals surface area contributed by atoms with Crippen molar-refractivity contribution in [3.05, 3.63) is 35.4 Å². The molecule has 1 aliphatic rings. The van der Waals surface area contributed by atoms with Gasteiger partial charge in [-0.05, 0) is 54.6 Å². The molecule has 0 aromatic heterocycles. The second-order valence-corrected chi connectivity index (χ2v) is 5.91. The molecule has 0 aliphatic heterocycles. The number of rotatable bonds is 3. The number of benzene rings is 1. The van der Waals surface area contributed by atoms with E-state index in [9.17, 15) is 0 Å². The molecule has 2 rings (SSSR count). The molecular formula is C17H26. The molecule has 17 heavy (non-hydrogen) atoms. The molecule has 0 saturated heterocycles. The van der Waals surface area contributed by atoms with Crippen LogP contribution in [0.25, 0.3) is 0 Å². The van der Waals surface area contributed by atoms with E-state index < -0.39 is 0 Å². The zero-order valence-electron chi connectivity index (χ0n) is 11.6. The van der Waals surface area contributed by atoms with Crippen LogP contribution in [0, 0.1) is 5.92 Å². The SMILES string of the molecule is CCC1CCC(c2ccccc2C(C)C)CC1. The fourth-order valence-corrected chi connectivity index (χ4v) is 3.29. The summed E-state index contributed by atoms with van der Waals surface area (Å²) in [4.78, 5) is 0. The Morgan fingerprint density at radius 1 is 1.06 bits per heavy atom. The lowest BCUT2D eigenvalue weighted by Gasteiger charge is -2.30. The standard InChI is InChI=1S/C17H26/c1-4-14-9-11-15(12-10-14)17-8-6-5-7-16(17)13(2)3/h5-8,13-15H,4,9-12H2,1-3H3. The molecule has 1 aliphatic carbocycles. The number of hydrogen-bond acceptors (Lipinski definition) is 0. The Hall–Kier alpha value is -0.780. The van der Waals surface area contributed by atoms with E-state index in [0.717, 1.165) is 11.8 Å². The van der Waals surface area contributed by atoms with Gasteiger partial charge in [0.2, 0.25) is 0 Å². The predicted octanol–water partition coefficient (Wildman–Crippen LogP) is 5.49. The van der Waals surface area contributed by atoms with Crippen LogP contribution in [0.4, 0.5) is 0 Å². The monoisotopic (exact) mass is 230 g/mol. The average molecular weight is 230 g/mol. The highest BCUT2D eigenvalue weighted by atomic mass is 14.3. The van der Waals surface area contributed by atoms with E-state index >= 15 is 0 Å². The highest BCUT2D eigenvalue weighted by Gasteiger charge is 2.23. The minimum atomic E-state index is 0.662. The quantitative estimate of drug-likeness (QED) is 0.643. The smallest absolute Gasteiger partial charge is 0.0159 e. The lowest BCUT2D eigenvalue weighted by molar-refractivity contribution is 0.317. The summed E-state index contributed by atoms with van der Waals surface area (Å²) in [6, 6.07) is 9.10. The minimum absolute atomic E-state index is 0.662. The molecule has 0 unspecified atom stereocenters. The Kier molecular flexibility index (Phi) is 4.25. The molecule has 1 aromatic rings. The molecule has 1 fully saturated rings. The summed E-state index contributed by atoms with van der Waals surface area (Å²) in [6.45, 7) is 6.97. The highest BCUT2D eigenvalue weighted by Crippen LogP contribution is 2.39. The molecule has 0 amide bonds. The number of hydrogen-bond donors (Lipinski definition) is 0. The fraction of sp³-hybridized carbons (Fsp3) is 0.647. The lowest BCUT2D eigenvalue weighted by atomic mass is 9.75. The fourth-order valence-electron chi connectivity index (χ4n) is 3.29. The molecule has 0 heteroatoms. The molecule has 0 N–H and O–H groups in total. The van der Waals surface area contributed by atoms with Crippen molar-refractivity contribution in [1.82, 2.24) is 0 Å². The van der Waals surface area contributed by atoms with Crippen LogP contribution < -0.4 is 0 Å². The van der Waals surface area contributed by atoms with Crippen LogP contribution >= 0.6 is 0 Å². The Balaban J connectivity index is 2.13. The van der Waals surface area contributed by atoms with Gasteiger partial charge in [0.15, 0.2) is 0 Å². The molecule has 0 radical (unpaired) electrons. The van der Waals surface area contributed by atoms with Gasteiger partial charge in [-0.2, -0.15) is 0 Å². The zero-order chi connectivity index (χ0) is 12.3. The van der Waals surface area contributed by atoms with Crippen LogP contribution in [0.5, 0.6) is 0 Å². The van der Waals surface area contributed by atoms with Crippen LogP contribution in [0.3, 0.4) is 0 Å². The van der Waals surface area contributed by atoms with Crippen molar-refractivity contribution in [2.75, 3.05) is 0 Å². The molecule has 0 nitrogen and oxygen atoms in total. The van der Waals surface area contributed by atoms with Crippen molar-refractivity contribution >= 4 is 0 Å². The van der Waals surface area contributed by atoms with Gasteiger partial charge in [0.05, 0.1) is 0 Å². The van der Waals surface area contributed by atoms with Crippen molar-refractivity contribution in [2.24, 2.45) is 5.92 Å². The molecule has 0 bridgehead atoms. The minimum Gasteiger partial charge on any atom is -0.0651 e. The van der Waals surface area contributed by atoms with Crippen LogP contribution in [-0.4, -0.2) is 0 Å². The van der Waals surface area contributed by atoms with Crippen molar-refractivity contribution in [1.29, 1.82) is 0 Å². The van der Waals surface area contributed by atoms with Crippen LogP contribution in [0.1, 0.15) is 75.8 Å². The molecular weight excluding hydrogens is 204 g/mol. The second kappa shape index (κ2) is 5.71. The maximum absolute atomic E-state index is 2.37. The summed E-state index contributed by atoms with van der Waals surface area (Å²) in [6.07, 6.45) is 7.06. The van der Waals surface area contributed by atoms with E-state index in [1.807, 2.05) is 0 Å². The molecule has 0 spiro atoms. The van der Waals surface area contributed by atoms with Gasteiger partial charge in [-0.15, -0.1) is 0 Å². The van der Waals surface area contributed by atoms with Gasteiger partial charge < -0.3 is 0 Å². The summed E-state index contributed by atoms with van der Waals surface area (Å²) >= 11 is 0. The normalized spacial score (nSPS) is 25.2. The van der Waals surface area contributed by atoms with Gasteiger partial charge in [0.25, 0.3) is 0 Å². The zero-order valence-corrected chi connectivity index (χ0v) is 11.6. The summed E-state index contributed by atoms with van der Waals surface area (Å²) in [5.41, 5.74) is 3.21. The van der Waals surface area contributed by atoms with E-state index in [4.69, 9.17) is 0 Å². The molecule has 1 saturated carbocycles. The van der Waals surface area contributed by atoms with E-state index in [1.165, 1.54) is 32.1 Å². The first-order chi connectivity index (χ1) is 8.22. The first kappa shape index (κ1) is 12.7. The maximum atomic E-state index is 2.37. The summed E-state index contributed by atoms with van der Waals surface area (Å²) in [5, 5.41) is 0. The van der Waals surface area contributed by atoms with Gasteiger partial charge >= 0.3 is 0 Å². The Morgan fingerprint density at radius 3 is 2.29 bits per heavy atom. The summed E-state index contributed by atoms with van der Waals surface area (Å²) in [5.74, 6) is 2.49. The largest absolute Gasteiger partial charge is 0.0651 e. The predicted molar refractivity (Wildman–Crippen MR) is 75.5 cm³/mol. The third-order valence-corrected chi connectivity index (χ3v) is 4.48. The molecule has 1 aromatic carbocycles. The van der Waals surface area contributed by atoms with E-state index in [0.29, 0.717) is 5.92 Å². The van der Waals surface area contributed by atoms with Gasteiger partial charge in [0.1, 0.15) is 0 Å². The summed E-state index contributed by atoms with van der Waals surface area (Å²) < 4.78 is 0. The highest BCUT2D eigenvalue weighted by molar-refractivity contribution is 5.33. The summed E-state index contributed by atoms with van der Waals surface area (Å²) in [7, 11) is 0. The molecule has 0 atom stereocenters. The third-order valence-electron chi connectivity index (χ3n) is 4.48. The molecule has 94 valence electrons. The van der Waals surface area contributed by atoms with Crippen LogP contribution in [0.2, 0.25) is 0 Å². The Labute approximate surface area is 106 Å². The van der Waals surface area contributed by atoms with Gasteiger partial charge in [-0.25, -0.2) is 0 Å². The van der Waals surface area contributed by atoms with Crippen molar-refractivity contribution in [2.45, 2.75) is 64.7 Å². The van der Waals surface area contributed by atoms with E-state index in [2.05, 4.69) is 45.0 Å². The van der Waals surface area contributed by atoms with Gasteiger partial charge in [0, 0.05) is 0 Å². The van der Waals surface area contributed by atoms with Crippen LogP contribution in [0.15, 0.2) is 24.3 Å². The van der Waals surface area contributed by atoms with Crippen molar-refractivity contribution < 1.29 is 0 Å². The third kappa shape index (κ3) is 2.91. The molecule has 0 heterocycles. The Bertz CT molecular complexity index is 343. The van der Waals surface area contributed by atoms with Crippen molar-refractivity contribution in [3.8, 4) is 0 Å². The topological polar surface area (TPSA) is 0 Å². The van der Waals surface area contributed by atoms with Gasteiger partial charge in [-0.1, -0.05) is 51.5 Å². The van der Waals surface area contributed by atoms with Crippen LogP contribution in [-0.2, 0) is 0 Å². The van der Waals surface area contributed by atoms with E-state index in [-0.39, 0.29) is 0 Å². The van der Waals surface area contributed by atoms with Crippen molar-refractivity contribution in [3.63, 3.8) is 0 Å². The second-order valence-electron chi connectivity index (χ2n) is 5.91. The lowest BCUT2D eigenvalue weighted by Crippen LogP contribution is -2.14. The maximum Gasteiger partial charge on any atom is -0.0159 e. The first-order valence-corrected chi connectivity index (χ1v) is 7.31. The van der Waals surface area contributed by atoms with E-state index in [1.54, 1.807) is 11.1 Å². The average Bonchev–Trinajstić information content (AvgIpc) is 2.39. The first-order valence-electron chi connectivity index (χ1n) is 7.31.